The summed E-state index contributed by atoms with van der Waals surface area (Å²) in [6, 6.07) is 15.2. The lowest BCUT2D eigenvalue weighted by molar-refractivity contribution is 0.102. The Balaban J connectivity index is 1.44. The van der Waals surface area contributed by atoms with E-state index in [1.54, 1.807) is 23.6 Å². The first kappa shape index (κ1) is 23.6. The highest BCUT2D eigenvalue weighted by Crippen LogP contribution is 2.28. The summed E-state index contributed by atoms with van der Waals surface area (Å²) in [6.45, 7) is 4.65. The first-order valence-electron chi connectivity index (χ1n) is 11.1. The predicted octanol–water partition coefficient (Wildman–Crippen LogP) is 4.94. The number of pyridine rings is 1. The minimum Gasteiger partial charge on any atom is -0.322 e. The van der Waals surface area contributed by atoms with Gasteiger partial charge in [0.1, 0.15) is 0 Å². The highest BCUT2D eigenvalue weighted by molar-refractivity contribution is 7.93. The molecular weight excluding hydrogens is 496 g/mol. The first-order valence-corrected chi connectivity index (χ1v) is 13.5. The molecule has 1 amide bonds. The van der Waals surface area contributed by atoms with Gasteiger partial charge in [0.15, 0.2) is 5.13 Å². The monoisotopic (exact) mass is 518 g/mol. The molecule has 0 fully saturated rings. The molecule has 0 atom stereocenters. The maximum atomic E-state index is 13.4. The van der Waals surface area contributed by atoms with Crippen molar-refractivity contribution in [1.82, 2.24) is 19.7 Å². The van der Waals surface area contributed by atoms with Gasteiger partial charge in [0, 0.05) is 41.0 Å². The minimum atomic E-state index is -3.78. The van der Waals surface area contributed by atoms with Gasteiger partial charge >= 0.3 is 0 Å². The summed E-state index contributed by atoms with van der Waals surface area (Å²) in [4.78, 5) is 22.1. The summed E-state index contributed by atoms with van der Waals surface area (Å²) in [5.41, 5.74) is 3.96. The third kappa shape index (κ3) is 4.70. The van der Waals surface area contributed by atoms with Crippen molar-refractivity contribution in [2.45, 2.75) is 25.3 Å². The normalized spacial score (nSPS) is 11.5. The topological polar surface area (TPSA) is 119 Å². The number of thiazole rings is 1. The van der Waals surface area contributed by atoms with Gasteiger partial charge in [0.05, 0.1) is 27.4 Å². The van der Waals surface area contributed by atoms with Crippen molar-refractivity contribution in [3.63, 3.8) is 0 Å². The van der Waals surface area contributed by atoms with E-state index >= 15 is 0 Å². The maximum absolute atomic E-state index is 13.4. The Morgan fingerprint density at radius 1 is 1.11 bits per heavy atom. The van der Waals surface area contributed by atoms with Crippen LogP contribution in [0.3, 0.4) is 0 Å². The van der Waals surface area contributed by atoms with Gasteiger partial charge in [0.2, 0.25) is 0 Å². The van der Waals surface area contributed by atoms with E-state index in [1.165, 1.54) is 29.7 Å². The largest absolute Gasteiger partial charge is 0.322 e. The van der Waals surface area contributed by atoms with E-state index in [0.29, 0.717) is 27.8 Å². The Kier molecular flexibility index (Phi) is 6.25. The molecular formula is C25H22N6O3S2. The quantitative estimate of drug-likeness (QED) is 0.315. The number of amides is 1. The molecule has 0 saturated carbocycles. The molecule has 0 aliphatic rings. The number of hydrogen-bond acceptors (Lipinski definition) is 7. The van der Waals surface area contributed by atoms with Gasteiger partial charge in [-0.15, -0.1) is 11.3 Å². The Hall–Kier alpha value is -4.09. The zero-order valence-corrected chi connectivity index (χ0v) is 21.1. The highest BCUT2D eigenvalue weighted by Gasteiger charge is 2.18. The molecule has 2 aromatic carbocycles. The van der Waals surface area contributed by atoms with Crippen LogP contribution in [0.1, 0.15) is 23.0 Å². The average Bonchev–Trinajstić information content (AvgIpc) is 3.52. The number of para-hydroxylation sites is 1. The van der Waals surface area contributed by atoms with Gasteiger partial charge < -0.3 is 5.32 Å². The van der Waals surface area contributed by atoms with Gasteiger partial charge in [-0.2, -0.15) is 5.10 Å². The molecule has 0 aliphatic heterocycles. The van der Waals surface area contributed by atoms with Crippen LogP contribution >= 0.6 is 11.3 Å². The predicted molar refractivity (Wildman–Crippen MR) is 141 cm³/mol. The molecule has 5 rings (SSSR count). The van der Waals surface area contributed by atoms with Crippen molar-refractivity contribution in [2.24, 2.45) is 0 Å². The fraction of sp³-hybridized carbons (Fsp3) is 0.120. The maximum Gasteiger partial charge on any atom is 0.263 e. The van der Waals surface area contributed by atoms with Crippen LogP contribution in [0.5, 0.6) is 0 Å². The second-order valence-electron chi connectivity index (χ2n) is 7.98. The number of rotatable bonds is 7. The van der Waals surface area contributed by atoms with Crippen LogP contribution in [0.4, 0.5) is 10.8 Å². The van der Waals surface area contributed by atoms with E-state index in [1.807, 2.05) is 49.0 Å². The van der Waals surface area contributed by atoms with Crippen LogP contribution in [0.2, 0.25) is 0 Å². The van der Waals surface area contributed by atoms with Gasteiger partial charge in [0.25, 0.3) is 15.9 Å². The summed E-state index contributed by atoms with van der Waals surface area (Å²) in [5.74, 6) is -0.327. The molecule has 3 heterocycles. The van der Waals surface area contributed by atoms with Gasteiger partial charge in [-0.1, -0.05) is 18.2 Å². The smallest absolute Gasteiger partial charge is 0.263 e. The number of aromatic nitrogens is 4. The van der Waals surface area contributed by atoms with Crippen LogP contribution in [0, 0.1) is 6.92 Å². The fourth-order valence-corrected chi connectivity index (χ4v) is 5.58. The third-order valence-electron chi connectivity index (χ3n) is 5.58. The molecule has 0 unspecified atom stereocenters. The number of fused-ring (bicyclic) bond motifs is 1. The van der Waals surface area contributed by atoms with E-state index < -0.39 is 10.0 Å². The Morgan fingerprint density at radius 3 is 2.58 bits per heavy atom. The molecule has 36 heavy (non-hydrogen) atoms. The van der Waals surface area contributed by atoms with Gasteiger partial charge in [-0.3, -0.25) is 14.2 Å². The Morgan fingerprint density at radius 2 is 1.89 bits per heavy atom. The Labute approximate surface area is 211 Å². The number of carbonyl (C=O) groups excluding carboxylic acids is 1. The second kappa shape index (κ2) is 9.51. The van der Waals surface area contributed by atoms with Crippen LogP contribution in [-0.2, 0) is 16.6 Å². The van der Waals surface area contributed by atoms with Crippen LogP contribution < -0.4 is 10.0 Å². The van der Waals surface area contributed by atoms with Gasteiger partial charge in [-0.25, -0.2) is 18.4 Å². The Bertz CT molecular complexity index is 1660. The molecule has 2 N–H and O–H groups in total. The highest BCUT2D eigenvalue weighted by atomic mass is 32.2. The first-order chi connectivity index (χ1) is 17.3. The zero-order chi connectivity index (χ0) is 25.3. The zero-order valence-electron chi connectivity index (χ0n) is 19.5. The lowest BCUT2D eigenvalue weighted by atomic mass is 10.0. The number of anilines is 2. The standard InChI is InChI=1S/C25H22N6O3S2/c1-3-31-15-21(16(2)29-31)23-14-20(19-6-4-5-7-22(19)28-23)24(32)27-17-8-10-18(11-9-17)36(33,34)30-25-26-12-13-35-25/h4-15H,3H2,1-2H3,(H,26,30)(H,27,32). The van der Waals surface area contributed by atoms with Crippen molar-refractivity contribution in [3.05, 3.63) is 83.6 Å². The number of benzene rings is 2. The molecule has 5 aromatic rings. The number of nitrogens with one attached hydrogen (secondary N) is 2. The molecule has 9 nitrogen and oxygen atoms in total. The molecule has 0 radical (unpaired) electrons. The molecule has 182 valence electrons. The molecule has 0 bridgehead atoms. The average molecular weight is 519 g/mol. The minimum absolute atomic E-state index is 0.0655. The summed E-state index contributed by atoms with van der Waals surface area (Å²) >= 11 is 1.19. The number of sulfonamides is 1. The third-order valence-corrected chi connectivity index (χ3v) is 7.76. The van der Waals surface area contributed by atoms with Crippen molar-refractivity contribution >= 4 is 49.0 Å². The second-order valence-corrected chi connectivity index (χ2v) is 10.6. The summed E-state index contributed by atoms with van der Waals surface area (Å²) in [6.07, 6.45) is 3.44. The van der Waals surface area contributed by atoms with Crippen molar-refractivity contribution in [1.29, 1.82) is 0 Å². The van der Waals surface area contributed by atoms with Crippen LogP contribution in [-0.4, -0.2) is 34.1 Å². The van der Waals surface area contributed by atoms with Crippen molar-refractivity contribution in [3.8, 4) is 11.3 Å². The number of carbonyl (C=O) groups is 1. The van der Waals surface area contributed by atoms with Gasteiger partial charge in [-0.05, 0) is 50.2 Å². The number of nitrogens with zero attached hydrogens (tertiary/aromatic N) is 4. The number of aryl methyl sites for hydroxylation is 2. The molecule has 0 saturated heterocycles. The van der Waals surface area contributed by atoms with E-state index in [0.717, 1.165) is 17.8 Å². The molecule has 11 heteroatoms. The van der Waals surface area contributed by atoms with Crippen LogP contribution in [0.25, 0.3) is 22.2 Å². The van der Waals surface area contributed by atoms with Crippen molar-refractivity contribution < 1.29 is 13.2 Å². The number of hydrogen-bond donors (Lipinski definition) is 2. The lowest BCUT2D eigenvalue weighted by Crippen LogP contribution is -2.14. The van der Waals surface area contributed by atoms with E-state index in [2.05, 4.69) is 20.1 Å². The lowest BCUT2D eigenvalue weighted by Gasteiger charge is -2.11. The fourth-order valence-electron chi connectivity index (χ4n) is 3.80. The summed E-state index contributed by atoms with van der Waals surface area (Å²) in [7, 11) is -3.78. The van der Waals surface area contributed by atoms with Crippen LogP contribution in [0.15, 0.2) is 77.3 Å². The summed E-state index contributed by atoms with van der Waals surface area (Å²) < 4.78 is 29.4. The van der Waals surface area contributed by atoms with Crippen molar-refractivity contribution in [2.75, 3.05) is 10.0 Å². The molecule has 3 aromatic heterocycles. The van der Waals surface area contributed by atoms with E-state index in [-0.39, 0.29) is 15.9 Å². The van der Waals surface area contributed by atoms with E-state index in [4.69, 9.17) is 4.98 Å². The van der Waals surface area contributed by atoms with E-state index in [9.17, 15) is 13.2 Å². The summed E-state index contributed by atoms with van der Waals surface area (Å²) in [5, 5.41) is 10.1. The molecule has 0 spiro atoms. The SMILES string of the molecule is CCn1cc(-c2cc(C(=O)Nc3ccc(S(=O)(=O)Nc4nccs4)cc3)c3ccccc3n2)c(C)n1. The molecule has 0 aliphatic carbocycles.